The molecule has 104 valence electrons. The first-order valence-corrected chi connectivity index (χ1v) is 7.23. The van der Waals surface area contributed by atoms with Crippen molar-refractivity contribution in [3.05, 3.63) is 71.8 Å². The van der Waals surface area contributed by atoms with Gasteiger partial charge in [0.15, 0.2) is 5.78 Å². The highest BCUT2D eigenvalue weighted by Crippen LogP contribution is 2.07. The molecule has 0 amide bonds. The minimum absolute atomic E-state index is 0.131. The minimum atomic E-state index is 0.131. The molecule has 2 nitrogen and oxygen atoms in total. The van der Waals surface area contributed by atoms with Crippen LogP contribution in [-0.2, 0) is 6.54 Å². The van der Waals surface area contributed by atoms with Crippen LogP contribution in [0.2, 0.25) is 0 Å². The molecule has 0 N–H and O–H groups in total. The summed E-state index contributed by atoms with van der Waals surface area (Å²) >= 11 is 5.84. The molecule has 0 aromatic heterocycles. The standard InChI is InChI=1S/C17H18ClNO/c18-11-12-19(13-15-7-3-1-4-8-15)14-17(20)16-9-5-2-6-10-16/h1-10H,11-14H2. The van der Waals surface area contributed by atoms with Crippen molar-refractivity contribution in [1.29, 1.82) is 0 Å². The number of ketones is 1. The highest BCUT2D eigenvalue weighted by Gasteiger charge is 2.12. The largest absolute Gasteiger partial charge is 0.293 e. The van der Waals surface area contributed by atoms with E-state index in [0.717, 1.165) is 12.1 Å². The third-order valence-corrected chi connectivity index (χ3v) is 3.28. The van der Waals surface area contributed by atoms with Gasteiger partial charge in [-0.2, -0.15) is 0 Å². The molecule has 0 atom stereocenters. The van der Waals surface area contributed by atoms with Gasteiger partial charge in [-0.15, -0.1) is 11.6 Å². The second kappa shape index (κ2) is 7.83. The molecule has 2 rings (SSSR count). The maximum atomic E-state index is 12.2. The lowest BCUT2D eigenvalue weighted by Gasteiger charge is -2.20. The smallest absolute Gasteiger partial charge is 0.176 e. The van der Waals surface area contributed by atoms with Gasteiger partial charge in [-0.1, -0.05) is 60.7 Å². The molecule has 0 aliphatic heterocycles. The monoisotopic (exact) mass is 287 g/mol. The molecule has 0 saturated carbocycles. The van der Waals surface area contributed by atoms with Gasteiger partial charge in [0.25, 0.3) is 0 Å². The lowest BCUT2D eigenvalue weighted by atomic mass is 10.1. The first-order chi connectivity index (χ1) is 9.79. The maximum Gasteiger partial charge on any atom is 0.176 e. The van der Waals surface area contributed by atoms with E-state index in [1.807, 2.05) is 48.5 Å². The van der Waals surface area contributed by atoms with E-state index in [4.69, 9.17) is 11.6 Å². The van der Waals surface area contributed by atoms with Crippen molar-refractivity contribution in [2.75, 3.05) is 19.0 Å². The number of rotatable bonds is 7. The number of Topliss-reactive ketones (excluding diaryl/α,β-unsaturated/α-hetero) is 1. The zero-order chi connectivity index (χ0) is 14.2. The van der Waals surface area contributed by atoms with E-state index >= 15 is 0 Å². The first kappa shape index (κ1) is 14.8. The fraction of sp³-hybridized carbons (Fsp3) is 0.235. The van der Waals surface area contributed by atoms with Crippen LogP contribution in [0.4, 0.5) is 0 Å². The molecule has 0 radical (unpaired) electrons. The molecule has 0 bridgehead atoms. The van der Waals surface area contributed by atoms with Crippen molar-refractivity contribution in [3.8, 4) is 0 Å². The summed E-state index contributed by atoms with van der Waals surface area (Å²) in [5.74, 6) is 0.654. The second-order valence-corrected chi connectivity index (χ2v) is 5.05. The molecule has 0 aliphatic carbocycles. The van der Waals surface area contributed by atoms with E-state index in [1.165, 1.54) is 5.56 Å². The third-order valence-electron chi connectivity index (χ3n) is 3.11. The van der Waals surface area contributed by atoms with E-state index in [1.54, 1.807) is 0 Å². The Labute approximate surface area is 125 Å². The Morgan fingerprint density at radius 3 is 2.15 bits per heavy atom. The van der Waals surface area contributed by atoms with Gasteiger partial charge < -0.3 is 0 Å². The fourth-order valence-corrected chi connectivity index (χ4v) is 2.33. The zero-order valence-corrected chi connectivity index (χ0v) is 12.1. The SMILES string of the molecule is O=C(CN(CCCl)Cc1ccccc1)c1ccccc1. The van der Waals surface area contributed by atoms with Gasteiger partial charge >= 0.3 is 0 Å². The van der Waals surface area contributed by atoms with E-state index < -0.39 is 0 Å². The molecule has 20 heavy (non-hydrogen) atoms. The normalized spacial score (nSPS) is 10.7. The number of benzene rings is 2. The Morgan fingerprint density at radius 2 is 1.55 bits per heavy atom. The third kappa shape index (κ3) is 4.48. The number of halogens is 1. The Kier molecular flexibility index (Phi) is 5.78. The summed E-state index contributed by atoms with van der Waals surface area (Å²) in [6, 6.07) is 19.5. The van der Waals surface area contributed by atoms with Crippen LogP contribution < -0.4 is 0 Å². The average Bonchev–Trinajstić information content (AvgIpc) is 2.49. The molecular weight excluding hydrogens is 270 g/mol. The number of hydrogen-bond donors (Lipinski definition) is 0. The molecule has 0 saturated heterocycles. The quantitative estimate of drug-likeness (QED) is 0.573. The Hall–Kier alpha value is -1.64. The molecule has 0 fully saturated rings. The maximum absolute atomic E-state index is 12.2. The van der Waals surface area contributed by atoms with Crippen LogP contribution in [0.5, 0.6) is 0 Å². The lowest BCUT2D eigenvalue weighted by molar-refractivity contribution is 0.0930. The second-order valence-electron chi connectivity index (χ2n) is 4.67. The zero-order valence-electron chi connectivity index (χ0n) is 11.3. The van der Waals surface area contributed by atoms with E-state index in [-0.39, 0.29) is 5.78 Å². The van der Waals surface area contributed by atoms with Crippen molar-refractivity contribution >= 4 is 17.4 Å². The van der Waals surface area contributed by atoms with Gasteiger partial charge in [0.05, 0.1) is 6.54 Å². The Morgan fingerprint density at radius 1 is 0.950 bits per heavy atom. The van der Waals surface area contributed by atoms with Gasteiger partial charge in [-0.25, -0.2) is 0 Å². The van der Waals surface area contributed by atoms with Crippen molar-refractivity contribution in [3.63, 3.8) is 0 Å². The molecule has 2 aromatic carbocycles. The summed E-state index contributed by atoms with van der Waals surface area (Å²) in [6.45, 7) is 1.84. The number of carbonyl (C=O) groups is 1. The predicted molar refractivity (Wildman–Crippen MR) is 83.2 cm³/mol. The highest BCUT2D eigenvalue weighted by molar-refractivity contribution is 6.18. The predicted octanol–water partition coefficient (Wildman–Crippen LogP) is 3.61. The number of alkyl halides is 1. The Balaban J connectivity index is 2.00. The van der Waals surface area contributed by atoms with Gasteiger partial charge in [0.1, 0.15) is 0 Å². The first-order valence-electron chi connectivity index (χ1n) is 6.70. The van der Waals surface area contributed by atoms with Crippen LogP contribution in [0.1, 0.15) is 15.9 Å². The number of hydrogen-bond acceptors (Lipinski definition) is 2. The van der Waals surface area contributed by atoms with Crippen LogP contribution in [0.15, 0.2) is 60.7 Å². The lowest BCUT2D eigenvalue weighted by Crippen LogP contribution is -2.31. The van der Waals surface area contributed by atoms with Crippen molar-refractivity contribution < 1.29 is 4.79 Å². The summed E-state index contributed by atoms with van der Waals surface area (Å²) in [5.41, 5.74) is 1.94. The molecule has 2 aromatic rings. The molecular formula is C17H18ClNO. The summed E-state index contributed by atoms with van der Waals surface area (Å²) in [7, 11) is 0. The van der Waals surface area contributed by atoms with Crippen LogP contribution in [0.25, 0.3) is 0 Å². The van der Waals surface area contributed by atoms with E-state index in [2.05, 4.69) is 17.0 Å². The van der Waals surface area contributed by atoms with Crippen LogP contribution >= 0.6 is 11.6 Å². The van der Waals surface area contributed by atoms with Crippen molar-refractivity contribution in [2.45, 2.75) is 6.54 Å². The van der Waals surface area contributed by atoms with Gasteiger partial charge in [0, 0.05) is 24.5 Å². The van der Waals surface area contributed by atoms with Crippen LogP contribution in [-0.4, -0.2) is 29.7 Å². The summed E-state index contributed by atoms with van der Waals surface area (Å²) in [4.78, 5) is 14.3. The summed E-state index contributed by atoms with van der Waals surface area (Å²) in [5, 5.41) is 0. The van der Waals surface area contributed by atoms with Crippen LogP contribution in [0, 0.1) is 0 Å². The Bertz CT molecular complexity index is 527. The van der Waals surface area contributed by atoms with Gasteiger partial charge in [-0.3, -0.25) is 9.69 Å². The van der Waals surface area contributed by atoms with E-state index in [0.29, 0.717) is 19.0 Å². The molecule has 0 unspecified atom stereocenters. The van der Waals surface area contributed by atoms with Gasteiger partial charge in [0.2, 0.25) is 0 Å². The molecule has 0 heterocycles. The number of nitrogens with zero attached hydrogens (tertiary/aromatic N) is 1. The summed E-state index contributed by atoms with van der Waals surface area (Å²) < 4.78 is 0. The minimum Gasteiger partial charge on any atom is -0.293 e. The number of carbonyl (C=O) groups excluding carboxylic acids is 1. The van der Waals surface area contributed by atoms with Crippen molar-refractivity contribution in [2.24, 2.45) is 0 Å². The summed E-state index contributed by atoms with van der Waals surface area (Å²) in [6.07, 6.45) is 0. The topological polar surface area (TPSA) is 20.3 Å². The average molecular weight is 288 g/mol. The van der Waals surface area contributed by atoms with Crippen LogP contribution in [0.3, 0.4) is 0 Å². The molecule has 0 aliphatic rings. The van der Waals surface area contributed by atoms with Gasteiger partial charge in [-0.05, 0) is 5.56 Å². The van der Waals surface area contributed by atoms with E-state index in [9.17, 15) is 4.79 Å². The van der Waals surface area contributed by atoms with Crippen molar-refractivity contribution in [1.82, 2.24) is 4.90 Å². The molecule has 3 heteroatoms. The molecule has 0 spiro atoms. The highest BCUT2D eigenvalue weighted by atomic mass is 35.5. The fourth-order valence-electron chi connectivity index (χ4n) is 2.09.